The number of aromatic nitrogens is 1. The van der Waals surface area contributed by atoms with Gasteiger partial charge in [-0.15, -0.1) is 0 Å². The number of carbonyl (C=O) groups excluding carboxylic acids is 1. The molecule has 210 valence electrons. The molecule has 0 saturated carbocycles. The third-order valence-electron chi connectivity index (χ3n) is 6.37. The number of thiazole rings is 1. The smallest absolute Gasteiger partial charge is 0.338 e. The van der Waals surface area contributed by atoms with Crippen LogP contribution in [0.1, 0.15) is 36.6 Å². The lowest BCUT2D eigenvalue weighted by molar-refractivity contribution is -0.139. The van der Waals surface area contributed by atoms with E-state index < -0.39 is 12.0 Å². The second-order valence-corrected chi connectivity index (χ2v) is 12.9. The highest BCUT2D eigenvalue weighted by Crippen LogP contribution is 2.35. The van der Waals surface area contributed by atoms with Gasteiger partial charge in [0.1, 0.15) is 18.4 Å². The summed E-state index contributed by atoms with van der Waals surface area (Å²) < 4.78 is 15.2. The maximum atomic E-state index is 14.0. The fourth-order valence-corrected chi connectivity index (χ4v) is 7.70. The van der Waals surface area contributed by atoms with E-state index in [1.54, 1.807) is 38.1 Å². The fourth-order valence-electron chi connectivity index (χ4n) is 4.53. The molecular weight excluding hydrogens is 762 g/mol. The highest BCUT2D eigenvalue weighted by Gasteiger charge is 2.34. The normalized spacial score (nSPS) is 15.0. The molecule has 0 aliphatic carbocycles. The average molecular weight is 784 g/mol. The number of rotatable bonds is 7. The predicted molar refractivity (Wildman–Crippen MR) is 174 cm³/mol. The molecule has 1 atom stereocenters. The summed E-state index contributed by atoms with van der Waals surface area (Å²) in [6.45, 7) is 3.92. The Labute approximate surface area is 272 Å². The standard InChI is InChI=1S/C30H22BrCl2IN2O4S/c1-3-39-29(38)25-16(2)35-30-36(26(25)20-9-5-7-11-22(20)33)28(37)24(41-30)13-18-12-19(31)14-23(34)27(18)40-15-17-8-4-6-10-21(17)32/h4-14,26H,3,15H2,1-2H3/b24-13-/t26-/m1/s1. The number of fused-ring (bicyclic) bond motifs is 1. The van der Waals surface area contributed by atoms with E-state index in [9.17, 15) is 9.59 Å². The molecule has 0 radical (unpaired) electrons. The summed E-state index contributed by atoms with van der Waals surface area (Å²) in [5.74, 6) is 0.0790. The van der Waals surface area contributed by atoms with Gasteiger partial charge in [0.05, 0.1) is 26.0 Å². The van der Waals surface area contributed by atoms with Crippen molar-refractivity contribution in [3.63, 3.8) is 0 Å². The van der Waals surface area contributed by atoms with Crippen LogP contribution < -0.4 is 19.6 Å². The van der Waals surface area contributed by atoms with Crippen LogP contribution in [-0.4, -0.2) is 17.1 Å². The number of ether oxygens (including phenoxy) is 2. The third kappa shape index (κ3) is 6.19. The molecule has 0 bridgehead atoms. The van der Waals surface area contributed by atoms with E-state index in [1.807, 2.05) is 42.5 Å². The summed E-state index contributed by atoms with van der Waals surface area (Å²) in [6.07, 6.45) is 1.78. The number of hydrogen-bond acceptors (Lipinski definition) is 6. The van der Waals surface area contributed by atoms with Crippen molar-refractivity contribution in [1.29, 1.82) is 0 Å². The van der Waals surface area contributed by atoms with Crippen LogP contribution in [0.3, 0.4) is 0 Å². The lowest BCUT2D eigenvalue weighted by Crippen LogP contribution is -2.40. The van der Waals surface area contributed by atoms with Crippen LogP contribution in [0.25, 0.3) is 6.08 Å². The maximum absolute atomic E-state index is 14.0. The molecule has 0 fully saturated rings. The Morgan fingerprint density at radius 3 is 2.56 bits per heavy atom. The number of carbonyl (C=O) groups is 1. The van der Waals surface area contributed by atoms with Crippen molar-refractivity contribution in [2.75, 3.05) is 6.61 Å². The largest absolute Gasteiger partial charge is 0.487 e. The molecule has 1 aromatic heterocycles. The highest BCUT2D eigenvalue weighted by atomic mass is 127. The van der Waals surface area contributed by atoms with Gasteiger partial charge in [-0.1, -0.05) is 86.9 Å². The van der Waals surface area contributed by atoms with E-state index in [1.165, 1.54) is 15.9 Å². The van der Waals surface area contributed by atoms with Crippen LogP contribution in [0.2, 0.25) is 10.0 Å². The lowest BCUT2D eigenvalue weighted by Gasteiger charge is -2.25. The highest BCUT2D eigenvalue weighted by molar-refractivity contribution is 14.1. The van der Waals surface area contributed by atoms with Gasteiger partial charge >= 0.3 is 5.97 Å². The van der Waals surface area contributed by atoms with Crippen LogP contribution in [0, 0.1) is 3.57 Å². The SMILES string of the molecule is CCOC(=O)C1=C(C)N=c2s/c(=C\c3cc(Br)cc(I)c3OCc3ccccc3Cl)c(=O)n2[C@@H]1c1ccccc1Cl. The Morgan fingerprint density at radius 1 is 1.15 bits per heavy atom. The summed E-state index contributed by atoms with van der Waals surface area (Å²) in [4.78, 5) is 32.3. The number of halogens is 4. The van der Waals surface area contributed by atoms with Crippen molar-refractivity contribution in [1.82, 2.24) is 4.57 Å². The number of esters is 1. The minimum Gasteiger partial charge on any atom is -0.487 e. The monoisotopic (exact) mass is 782 g/mol. The Hall–Kier alpha value is -2.44. The Kier molecular flexibility index (Phi) is 9.40. The second kappa shape index (κ2) is 12.8. The number of allylic oxidation sites excluding steroid dienone is 1. The van der Waals surface area contributed by atoms with Gasteiger partial charge in [-0.05, 0) is 72.3 Å². The van der Waals surface area contributed by atoms with Crippen LogP contribution in [0.4, 0.5) is 0 Å². The van der Waals surface area contributed by atoms with E-state index >= 15 is 0 Å². The molecule has 41 heavy (non-hydrogen) atoms. The van der Waals surface area contributed by atoms with Crippen molar-refractivity contribution in [2.24, 2.45) is 4.99 Å². The number of hydrogen-bond donors (Lipinski definition) is 0. The van der Waals surface area contributed by atoms with E-state index in [4.69, 9.17) is 32.7 Å². The fraction of sp³-hybridized carbons (Fsp3) is 0.167. The molecule has 4 aromatic rings. The van der Waals surface area contributed by atoms with Gasteiger partial charge in [-0.3, -0.25) is 9.36 Å². The van der Waals surface area contributed by atoms with Gasteiger partial charge in [0.25, 0.3) is 5.56 Å². The molecule has 2 heterocycles. The maximum Gasteiger partial charge on any atom is 0.338 e. The van der Waals surface area contributed by atoms with Crippen molar-refractivity contribution in [2.45, 2.75) is 26.5 Å². The van der Waals surface area contributed by atoms with E-state index in [0.717, 1.165) is 13.6 Å². The summed E-state index contributed by atoms with van der Waals surface area (Å²) in [7, 11) is 0. The summed E-state index contributed by atoms with van der Waals surface area (Å²) in [5, 5.41) is 1.04. The van der Waals surface area contributed by atoms with Gasteiger partial charge in [0, 0.05) is 25.6 Å². The molecule has 11 heteroatoms. The predicted octanol–water partition coefficient (Wildman–Crippen LogP) is 7.05. The minimum absolute atomic E-state index is 0.188. The number of benzene rings is 3. The van der Waals surface area contributed by atoms with Crippen LogP contribution in [-0.2, 0) is 16.1 Å². The van der Waals surface area contributed by atoms with Gasteiger partial charge in [0.15, 0.2) is 4.80 Å². The van der Waals surface area contributed by atoms with Gasteiger partial charge in [0.2, 0.25) is 0 Å². The quantitative estimate of drug-likeness (QED) is 0.149. The first kappa shape index (κ1) is 30.0. The van der Waals surface area contributed by atoms with E-state index in [2.05, 4.69) is 43.5 Å². The van der Waals surface area contributed by atoms with Crippen molar-refractivity contribution in [3.8, 4) is 5.75 Å². The molecule has 6 nitrogen and oxygen atoms in total. The molecule has 1 aliphatic rings. The first-order valence-corrected chi connectivity index (χ1v) is 15.9. The van der Waals surface area contributed by atoms with Crippen LogP contribution in [0.15, 0.2) is 86.2 Å². The molecule has 0 spiro atoms. The van der Waals surface area contributed by atoms with Crippen molar-refractivity contribution >= 4 is 85.1 Å². The Bertz CT molecular complexity index is 1890. The van der Waals surface area contributed by atoms with E-state index in [-0.39, 0.29) is 24.3 Å². The van der Waals surface area contributed by atoms with Gasteiger partial charge in [-0.25, -0.2) is 9.79 Å². The molecule has 1 aliphatic heterocycles. The zero-order valence-corrected chi connectivity index (χ0v) is 27.9. The van der Waals surface area contributed by atoms with Gasteiger partial charge < -0.3 is 9.47 Å². The van der Waals surface area contributed by atoms with Gasteiger partial charge in [-0.2, -0.15) is 0 Å². The topological polar surface area (TPSA) is 69.9 Å². The van der Waals surface area contributed by atoms with Crippen molar-refractivity contribution in [3.05, 3.63) is 126 Å². The molecule has 0 unspecified atom stereocenters. The molecule has 0 amide bonds. The number of nitrogens with zero attached hydrogens (tertiary/aromatic N) is 2. The molecule has 0 saturated heterocycles. The third-order valence-corrected chi connectivity index (χ3v) is 9.33. The van der Waals surface area contributed by atoms with Crippen LogP contribution >= 0.6 is 73.1 Å². The van der Waals surface area contributed by atoms with Crippen molar-refractivity contribution < 1.29 is 14.3 Å². The van der Waals surface area contributed by atoms with Crippen LogP contribution in [0.5, 0.6) is 5.75 Å². The first-order valence-electron chi connectivity index (χ1n) is 12.5. The summed E-state index contributed by atoms with van der Waals surface area (Å²) in [5.41, 5.74) is 2.61. The molecule has 5 rings (SSSR count). The average Bonchev–Trinajstić information content (AvgIpc) is 3.22. The molecular formula is C30H22BrCl2IN2O4S. The molecule has 3 aromatic carbocycles. The lowest BCUT2D eigenvalue weighted by atomic mass is 9.96. The Balaban J connectivity index is 1.67. The molecule has 0 N–H and O–H groups in total. The zero-order valence-electron chi connectivity index (χ0n) is 21.8. The summed E-state index contributed by atoms with van der Waals surface area (Å²) in [6, 6.07) is 17.7. The van der Waals surface area contributed by atoms with E-state index in [0.29, 0.717) is 42.0 Å². The first-order chi connectivity index (χ1) is 19.7. The summed E-state index contributed by atoms with van der Waals surface area (Å²) >= 11 is 20.0. The Morgan fingerprint density at radius 2 is 1.85 bits per heavy atom. The minimum atomic E-state index is -0.792. The second-order valence-electron chi connectivity index (χ2n) is 9.01. The zero-order chi connectivity index (χ0) is 29.3.